The second-order valence-corrected chi connectivity index (χ2v) is 8.32. The minimum atomic E-state index is -1.33. The highest BCUT2D eigenvalue weighted by atomic mass is 16.5. The van der Waals surface area contributed by atoms with Crippen molar-refractivity contribution in [2.24, 2.45) is 0 Å². The van der Waals surface area contributed by atoms with E-state index in [9.17, 15) is 19.5 Å². The Hall–Kier alpha value is -3.61. The number of ether oxygens (including phenoxy) is 2. The maximum Gasteiger partial charge on any atom is 0.341 e. The molecule has 2 aromatic carbocycles. The van der Waals surface area contributed by atoms with Crippen LogP contribution in [-0.2, 0) is 37.1 Å². The molecular formula is C26H27NO6. The summed E-state index contributed by atoms with van der Waals surface area (Å²) in [5.74, 6) is -3.12. The first-order chi connectivity index (χ1) is 16.1. The van der Waals surface area contributed by atoms with Crippen LogP contribution < -0.4 is 0 Å². The average molecular weight is 450 g/mol. The van der Waals surface area contributed by atoms with Crippen LogP contribution in [0.1, 0.15) is 43.2 Å². The molecule has 0 aromatic heterocycles. The lowest BCUT2D eigenvalue weighted by molar-refractivity contribution is -0.156. The van der Waals surface area contributed by atoms with Crippen LogP contribution in [0.15, 0.2) is 72.0 Å². The molecule has 1 N–H and O–H groups in total. The molecule has 1 amide bonds. The van der Waals surface area contributed by atoms with Gasteiger partial charge in [0.05, 0.1) is 0 Å². The van der Waals surface area contributed by atoms with Gasteiger partial charge in [0.25, 0.3) is 5.91 Å². The minimum absolute atomic E-state index is 0.00399. The highest BCUT2D eigenvalue weighted by Gasteiger charge is 2.51. The van der Waals surface area contributed by atoms with Crippen molar-refractivity contribution in [1.82, 2.24) is 4.90 Å². The lowest BCUT2D eigenvalue weighted by atomic mass is 9.93. The van der Waals surface area contributed by atoms with Gasteiger partial charge >= 0.3 is 11.9 Å². The first-order valence-corrected chi connectivity index (χ1v) is 11.2. The Morgan fingerprint density at radius 3 is 1.97 bits per heavy atom. The van der Waals surface area contributed by atoms with E-state index < -0.39 is 29.6 Å². The summed E-state index contributed by atoms with van der Waals surface area (Å²) in [5.41, 5.74) is 1.18. The van der Waals surface area contributed by atoms with Crippen LogP contribution in [0.4, 0.5) is 0 Å². The molecule has 0 radical (unpaired) electrons. The van der Waals surface area contributed by atoms with Gasteiger partial charge in [0.15, 0.2) is 11.8 Å². The molecule has 1 saturated carbocycles. The maximum atomic E-state index is 13.2. The average Bonchev–Trinajstić information content (AvgIpc) is 3.13. The van der Waals surface area contributed by atoms with Crippen molar-refractivity contribution < 1.29 is 29.0 Å². The Balaban J connectivity index is 1.56. The number of hydrogen-bond donors (Lipinski definition) is 1. The summed E-state index contributed by atoms with van der Waals surface area (Å²) < 4.78 is 10.9. The number of aliphatic hydroxyl groups excluding tert-OH is 1. The summed E-state index contributed by atoms with van der Waals surface area (Å²) in [6.07, 6.45) is 4.28. The number of amides is 1. The highest BCUT2D eigenvalue weighted by Crippen LogP contribution is 2.34. The summed E-state index contributed by atoms with van der Waals surface area (Å²) in [7, 11) is 0. The van der Waals surface area contributed by atoms with E-state index in [0.29, 0.717) is 12.8 Å². The van der Waals surface area contributed by atoms with Gasteiger partial charge in [0, 0.05) is 6.04 Å². The lowest BCUT2D eigenvalue weighted by Crippen LogP contribution is -2.49. The van der Waals surface area contributed by atoms with Crippen LogP contribution in [-0.4, -0.2) is 39.9 Å². The van der Waals surface area contributed by atoms with E-state index >= 15 is 0 Å². The van der Waals surface area contributed by atoms with Crippen molar-refractivity contribution in [2.75, 3.05) is 0 Å². The quantitative estimate of drug-likeness (QED) is 0.646. The van der Waals surface area contributed by atoms with Gasteiger partial charge in [0.2, 0.25) is 0 Å². The topological polar surface area (TPSA) is 93.1 Å². The van der Waals surface area contributed by atoms with Crippen LogP contribution in [0.25, 0.3) is 0 Å². The molecule has 1 atom stereocenters. The zero-order valence-electron chi connectivity index (χ0n) is 18.3. The molecule has 0 unspecified atom stereocenters. The van der Waals surface area contributed by atoms with Gasteiger partial charge in [-0.1, -0.05) is 79.9 Å². The molecule has 7 heteroatoms. The molecular weight excluding hydrogens is 422 g/mol. The molecule has 7 nitrogen and oxygen atoms in total. The zero-order valence-corrected chi connectivity index (χ0v) is 18.3. The molecule has 4 rings (SSSR count). The summed E-state index contributed by atoms with van der Waals surface area (Å²) in [5, 5.41) is 10.6. The third-order valence-electron chi connectivity index (χ3n) is 6.09. The van der Waals surface area contributed by atoms with Gasteiger partial charge in [-0.05, 0) is 24.0 Å². The van der Waals surface area contributed by atoms with E-state index in [1.165, 1.54) is 4.90 Å². The van der Waals surface area contributed by atoms with Crippen molar-refractivity contribution in [3.8, 4) is 0 Å². The molecule has 2 aliphatic rings. The minimum Gasteiger partial charge on any atom is -0.503 e. The summed E-state index contributed by atoms with van der Waals surface area (Å²) in [4.78, 5) is 40.5. The molecule has 1 fully saturated rings. The van der Waals surface area contributed by atoms with Gasteiger partial charge in [-0.3, -0.25) is 4.79 Å². The molecule has 0 bridgehead atoms. The Bertz CT molecular complexity index is 1030. The second kappa shape index (κ2) is 10.3. The molecule has 33 heavy (non-hydrogen) atoms. The molecule has 1 heterocycles. The Kier molecular flexibility index (Phi) is 7.07. The Morgan fingerprint density at radius 1 is 0.848 bits per heavy atom. The third-order valence-corrected chi connectivity index (χ3v) is 6.09. The number of nitrogens with zero attached hydrogens (tertiary/aromatic N) is 1. The summed E-state index contributed by atoms with van der Waals surface area (Å²) >= 11 is 0. The zero-order chi connectivity index (χ0) is 23.2. The fourth-order valence-corrected chi connectivity index (χ4v) is 4.41. The lowest BCUT2D eigenvalue weighted by Gasteiger charge is -2.35. The summed E-state index contributed by atoms with van der Waals surface area (Å²) in [6.45, 7) is -0.0458. The van der Waals surface area contributed by atoms with Crippen LogP contribution in [0.5, 0.6) is 0 Å². The smallest absolute Gasteiger partial charge is 0.341 e. The number of carbonyl (C=O) groups is 3. The first kappa shape index (κ1) is 22.6. The van der Waals surface area contributed by atoms with Gasteiger partial charge in [-0.15, -0.1) is 0 Å². The Morgan fingerprint density at radius 2 is 1.39 bits per heavy atom. The summed E-state index contributed by atoms with van der Waals surface area (Å²) in [6, 6.07) is 16.6. The fourth-order valence-electron chi connectivity index (χ4n) is 4.41. The van der Waals surface area contributed by atoms with Crippen LogP contribution in [0.2, 0.25) is 0 Å². The molecule has 0 spiro atoms. The number of rotatable bonds is 7. The van der Waals surface area contributed by atoms with Crippen molar-refractivity contribution in [2.45, 2.75) is 57.4 Å². The molecule has 172 valence electrons. The number of esters is 2. The van der Waals surface area contributed by atoms with Crippen LogP contribution in [0.3, 0.4) is 0 Å². The predicted octanol–water partition coefficient (Wildman–Crippen LogP) is 3.83. The van der Waals surface area contributed by atoms with E-state index in [2.05, 4.69) is 0 Å². The van der Waals surface area contributed by atoms with E-state index in [-0.39, 0.29) is 24.8 Å². The highest BCUT2D eigenvalue weighted by molar-refractivity contribution is 6.11. The van der Waals surface area contributed by atoms with E-state index in [1.54, 1.807) is 12.1 Å². The van der Waals surface area contributed by atoms with Crippen LogP contribution in [0, 0.1) is 0 Å². The number of carbonyl (C=O) groups excluding carboxylic acids is 3. The molecule has 1 aliphatic carbocycles. The normalized spacial score (nSPS) is 19.0. The van der Waals surface area contributed by atoms with Crippen LogP contribution >= 0.6 is 0 Å². The van der Waals surface area contributed by atoms with Gasteiger partial charge < -0.3 is 19.5 Å². The number of benzene rings is 2. The van der Waals surface area contributed by atoms with Gasteiger partial charge in [-0.2, -0.15) is 0 Å². The Labute approximate surface area is 192 Å². The molecule has 2 aromatic rings. The largest absolute Gasteiger partial charge is 0.503 e. The van der Waals surface area contributed by atoms with Crippen molar-refractivity contribution in [3.63, 3.8) is 0 Å². The van der Waals surface area contributed by atoms with Gasteiger partial charge in [-0.25, -0.2) is 9.59 Å². The molecule has 1 aliphatic heterocycles. The monoisotopic (exact) mass is 449 g/mol. The number of aliphatic hydroxyl groups is 1. The predicted molar refractivity (Wildman–Crippen MR) is 120 cm³/mol. The standard InChI is InChI=1S/C26H27NO6/c28-23-21(25(30)32-16-18-10-4-1-5-11-18)22(26(31)33-17-19-12-6-2-7-13-19)27(24(23)29)20-14-8-3-9-15-20/h1-2,4-7,10-13,20,22,28H,3,8-9,14-17H2/t22-/m1/s1. The van der Waals surface area contributed by atoms with Crippen molar-refractivity contribution in [1.29, 1.82) is 0 Å². The number of hydrogen-bond acceptors (Lipinski definition) is 6. The van der Waals surface area contributed by atoms with Gasteiger partial charge in [0.1, 0.15) is 18.8 Å². The first-order valence-electron chi connectivity index (χ1n) is 11.2. The van der Waals surface area contributed by atoms with E-state index in [0.717, 1.165) is 30.4 Å². The van der Waals surface area contributed by atoms with E-state index in [4.69, 9.17) is 9.47 Å². The van der Waals surface area contributed by atoms with E-state index in [1.807, 2.05) is 48.5 Å². The van der Waals surface area contributed by atoms with Crippen molar-refractivity contribution >= 4 is 17.8 Å². The van der Waals surface area contributed by atoms with Crippen molar-refractivity contribution in [3.05, 3.63) is 83.1 Å². The third kappa shape index (κ3) is 5.08. The SMILES string of the molecule is O=C(OCc1ccccc1)C1=C(O)C(=O)N(C2CCCCC2)[C@H]1C(=O)OCc1ccccc1. The second-order valence-electron chi connectivity index (χ2n) is 8.32. The molecule has 0 saturated heterocycles. The maximum absolute atomic E-state index is 13.2. The fraction of sp³-hybridized carbons (Fsp3) is 0.346.